The smallest absolute Gasteiger partial charge is 0.255 e. The Morgan fingerprint density at radius 1 is 1.10 bits per heavy atom. The molecule has 2 aromatic rings. The van der Waals surface area contributed by atoms with Crippen LogP contribution in [0, 0.1) is 11.8 Å². The Bertz CT molecular complexity index is 822. The molecule has 5 nitrogen and oxygen atoms in total. The Labute approximate surface area is 172 Å². The highest BCUT2D eigenvalue weighted by Gasteiger charge is 2.40. The molecule has 0 bridgehead atoms. The van der Waals surface area contributed by atoms with Gasteiger partial charge in [0.2, 0.25) is 5.91 Å². The van der Waals surface area contributed by atoms with Crippen molar-refractivity contribution in [2.75, 3.05) is 13.2 Å². The molecule has 0 radical (unpaired) electrons. The minimum atomic E-state index is -0.177. The van der Waals surface area contributed by atoms with Crippen LogP contribution >= 0.6 is 0 Å². The Morgan fingerprint density at radius 2 is 1.79 bits per heavy atom. The Balaban J connectivity index is 1.45. The number of rotatable bonds is 10. The van der Waals surface area contributed by atoms with Gasteiger partial charge in [-0.2, -0.15) is 0 Å². The number of amides is 2. The monoisotopic (exact) mass is 394 g/mol. The van der Waals surface area contributed by atoms with Gasteiger partial charge in [0, 0.05) is 13.0 Å². The number of hydrogen-bond donors (Lipinski definition) is 2. The zero-order chi connectivity index (χ0) is 20.6. The summed E-state index contributed by atoms with van der Waals surface area (Å²) in [5.74, 6) is 1.58. The van der Waals surface area contributed by atoms with Crippen molar-refractivity contribution >= 4 is 11.8 Å². The maximum Gasteiger partial charge on any atom is 0.255 e. The number of hydrogen-bond acceptors (Lipinski definition) is 3. The summed E-state index contributed by atoms with van der Waals surface area (Å²) < 4.78 is 5.50. The summed E-state index contributed by atoms with van der Waals surface area (Å²) in [5.41, 5.74) is 1.68. The van der Waals surface area contributed by atoms with Gasteiger partial charge in [-0.15, -0.1) is 0 Å². The van der Waals surface area contributed by atoms with Crippen molar-refractivity contribution in [1.29, 1.82) is 0 Å². The molecule has 5 heteroatoms. The second-order valence-electron chi connectivity index (χ2n) is 7.62. The quantitative estimate of drug-likeness (QED) is 0.596. The maximum atomic E-state index is 12.5. The predicted octanol–water partition coefficient (Wildman–Crippen LogP) is 4.11. The third-order valence-corrected chi connectivity index (χ3v) is 5.37. The van der Waals surface area contributed by atoms with E-state index in [1.54, 1.807) is 12.1 Å². The van der Waals surface area contributed by atoms with E-state index in [0.717, 1.165) is 12.0 Å². The lowest BCUT2D eigenvalue weighted by Crippen LogP contribution is -2.31. The molecule has 0 aromatic heterocycles. The Morgan fingerprint density at radius 3 is 2.48 bits per heavy atom. The lowest BCUT2D eigenvalue weighted by molar-refractivity contribution is -0.122. The molecule has 29 heavy (non-hydrogen) atoms. The van der Waals surface area contributed by atoms with E-state index in [9.17, 15) is 9.59 Å². The lowest BCUT2D eigenvalue weighted by atomic mass is 10.0. The van der Waals surface area contributed by atoms with E-state index in [4.69, 9.17) is 4.74 Å². The number of carbonyl (C=O) groups excluding carboxylic acids is 2. The van der Waals surface area contributed by atoms with Gasteiger partial charge in [0.05, 0.1) is 18.2 Å². The van der Waals surface area contributed by atoms with Crippen LogP contribution in [-0.4, -0.2) is 25.0 Å². The molecule has 3 rings (SSSR count). The van der Waals surface area contributed by atoms with Crippen molar-refractivity contribution in [1.82, 2.24) is 10.6 Å². The van der Waals surface area contributed by atoms with Gasteiger partial charge in [0.15, 0.2) is 0 Å². The van der Waals surface area contributed by atoms with E-state index in [0.29, 0.717) is 49.1 Å². The molecular weight excluding hydrogens is 364 g/mol. The van der Waals surface area contributed by atoms with Crippen molar-refractivity contribution in [3.05, 3.63) is 65.7 Å². The first kappa shape index (κ1) is 20.9. The van der Waals surface area contributed by atoms with Crippen LogP contribution in [-0.2, 0) is 4.79 Å². The Hall–Kier alpha value is -2.82. The first-order valence-corrected chi connectivity index (χ1v) is 10.4. The van der Waals surface area contributed by atoms with Crippen molar-refractivity contribution in [3.8, 4) is 5.75 Å². The summed E-state index contributed by atoms with van der Waals surface area (Å²) in [6.45, 7) is 5.07. The standard InChI is InChI=1S/C24H30N2O3/c1-3-29-21-13-8-7-12-19(21)24(28)25-15-9-14-22(27)26-23(20-16-17(20)2)18-10-5-4-6-11-18/h4-8,10-13,17,20,23H,3,9,14-16H2,1-2H3,(H,25,28)(H,26,27). The highest BCUT2D eigenvalue weighted by atomic mass is 16.5. The minimum absolute atomic E-state index is 0.0296. The molecular formula is C24H30N2O3. The van der Waals surface area contributed by atoms with Crippen molar-refractivity contribution < 1.29 is 14.3 Å². The lowest BCUT2D eigenvalue weighted by Gasteiger charge is -2.19. The second kappa shape index (κ2) is 10.1. The predicted molar refractivity (Wildman–Crippen MR) is 114 cm³/mol. The maximum absolute atomic E-state index is 12.5. The van der Waals surface area contributed by atoms with Crippen molar-refractivity contribution in [2.45, 2.75) is 39.2 Å². The molecule has 1 fully saturated rings. The molecule has 2 amide bonds. The molecule has 0 saturated heterocycles. The zero-order valence-electron chi connectivity index (χ0n) is 17.2. The van der Waals surface area contributed by atoms with E-state index >= 15 is 0 Å². The fourth-order valence-corrected chi connectivity index (χ4v) is 3.64. The number of nitrogens with one attached hydrogen (secondary N) is 2. The molecule has 2 aromatic carbocycles. The summed E-state index contributed by atoms with van der Waals surface area (Å²) in [5, 5.41) is 6.08. The van der Waals surface area contributed by atoms with Gasteiger partial charge in [-0.1, -0.05) is 49.4 Å². The highest BCUT2D eigenvalue weighted by Crippen LogP contribution is 2.46. The zero-order valence-corrected chi connectivity index (χ0v) is 17.2. The average Bonchev–Trinajstić information content (AvgIpc) is 3.46. The third-order valence-electron chi connectivity index (χ3n) is 5.37. The molecule has 0 aliphatic heterocycles. The van der Waals surface area contributed by atoms with Gasteiger partial charge in [-0.3, -0.25) is 9.59 Å². The average molecular weight is 395 g/mol. The fourth-order valence-electron chi connectivity index (χ4n) is 3.64. The van der Waals surface area contributed by atoms with E-state index in [1.807, 2.05) is 37.3 Å². The molecule has 3 atom stereocenters. The molecule has 0 heterocycles. The molecule has 1 saturated carbocycles. The Kier molecular flexibility index (Phi) is 7.28. The topological polar surface area (TPSA) is 67.4 Å². The van der Waals surface area contributed by atoms with E-state index in [2.05, 4.69) is 29.7 Å². The van der Waals surface area contributed by atoms with Crippen molar-refractivity contribution in [2.24, 2.45) is 11.8 Å². The van der Waals surface area contributed by atoms with E-state index < -0.39 is 0 Å². The summed E-state index contributed by atoms with van der Waals surface area (Å²) in [7, 11) is 0. The van der Waals surface area contributed by atoms with E-state index in [1.165, 1.54) is 0 Å². The molecule has 1 aliphatic rings. The number of carbonyl (C=O) groups is 2. The number of ether oxygens (including phenoxy) is 1. The van der Waals surface area contributed by atoms with Gasteiger partial charge in [-0.25, -0.2) is 0 Å². The SMILES string of the molecule is CCOc1ccccc1C(=O)NCCCC(=O)NC(c1ccccc1)C1CC1C. The third kappa shape index (κ3) is 5.83. The van der Waals surface area contributed by atoms with Gasteiger partial charge in [0.25, 0.3) is 5.91 Å². The van der Waals surface area contributed by atoms with Gasteiger partial charge >= 0.3 is 0 Å². The van der Waals surface area contributed by atoms with Crippen LogP contribution < -0.4 is 15.4 Å². The van der Waals surface area contributed by atoms with Crippen molar-refractivity contribution in [3.63, 3.8) is 0 Å². The summed E-state index contributed by atoms with van der Waals surface area (Å²) in [6, 6.07) is 17.4. The molecule has 154 valence electrons. The van der Waals surface area contributed by atoms with Crippen LogP contribution in [0.1, 0.15) is 55.1 Å². The fraction of sp³-hybridized carbons (Fsp3) is 0.417. The molecule has 1 aliphatic carbocycles. The van der Waals surface area contributed by atoms with Gasteiger partial charge in [0.1, 0.15) is 5.75 Å². The van der Waals surface area contributed by atoms with E-state index in [-0.39, 0.29) is 17.9 Å². The van der Waals surface area contributed by atoms with Crippen LogP contribution in [0.25, 0.3) is 0 Å². The number of benzene rings is 2. The second-order valence-corrected chi connectivity index (χ2v) is 7.62. The summed E-state index contributed by atoms with van der Waals surface area (Å²) >= 11 is 0. The van der Waals surface area contributed by atoms with Gasteiger partial charge in [-0.05, 0) is 49.3 Å². The summed E-state index contributed by atoms with van der Waals surface area (Å²) in [6.07, 6.45) is 2.13. The summed E-state index contributed by atoms with van der Waals surface area (Å²) in [4.78, 5) is 24.9. The molecule has 2 N–H and O–H groups in total. The molecule has 3 unspecified atom stereocenters. The molecule has 0 spiro atoms. The first-order valence-electron chi connectivity index (χ1n) is 10.4. The van der Waals surface area contributed by atoms with Crippen LogP contribution in [0.15, 0.2) is 54.6 Å². The highest BCUT2D eigenvalue weighted by molar-refractivity contribution is 5.96. The normalized spacial score (nSPS) is 18.6. The van der Waals surface area contributed by atoms with Crippen LogP contribution in [0.2, 0.25) is 0 Å². The minimum Gasteiger partial charge on any atom is -0.493 e. The largest absolute Gasteiger partial charge is 0.493 e. The van der Waals surface area contributed by atoms with Gasteiger partial charge < -0.3 is 15.4 Å². The van der Waals surface area contributed by atoms with Crippen LogP contribution in [0.4, 0.5) is 0 Å². The van der Waals surface area contributed by atoms with Crippen LogP contribution in [0.3, 0.4) is 0 Å². The number of para-hydroxylation sites is 1. The first-order chi connectivity index (χ1) is 14.1. The van der Waals surface area contributed by atoms with Crippen LogP contribution in [0.5, 0.6) is 5.75 Å².